The molecule has 2 unspecified atom stereocenters. The van der Waals surface area contributed by atoms with Crippen molar-refractivity contribution >= 4 is 28.9 Å². The van der Waals surface area contributed by atoms with Crippen molar-refractivity contribution in [1.82, 2.24) is 5.32 Å². The average molecular weight is 315 g/mol. The molecule has 1 N–H and O–H groups in total. The maximum absolute atomic E-state index is 13.4. The van der Waals surface area contributed by atoms with Gasteiger partial charge >= 0.3 is 6.18 Å². The minimum absolute atomic E-state index is 0.00710. The van der Waals surface area contributed by atoms with Gasteiger partial charge in [0.15, 0.2) is 0 Å². The quantitative estimate of drug-likeness (QED) is 0.905. The third kappa shape index (κ3) is 2.21. The number of halogens is 3. The van der Waals surface area contributed by atoms with Gasteiger partial charge in [0.25, 0.3) is 11.8 Å². The van der Waals surface area contributed by atoms with E-state index in [0.717, 1.165) is 18.3 Å². The van der Waals surface area contributed by atoms with E-state index in [1.54, 1.807) is 5.32 Å². The van der Waals surface area contributed by atoms with Crippen molar-refractivity contribution in [2.45, 2.75) is 18.6 Å². The summed E-state index contributed by atoms with van der Waals surface area (Å²) in [6, 6.07) is 4.21. The Labute approximate surface area is 121 Å². The Morgan fingerprint density at radius 3 is 2.71 bits per heavy atom. The molecule has 1 aliphatic rings. The monoisotopic (exact) mass is 315 g/mol. The van der Waals surface area contributed by atoms with Crippen molar-refractivity contribution in [3.05, 3.63) is 22.4 Å². The number of aliphatic imine (C=N–C) groups is 1. The molecule has 2 rings (SSSR count). The van der Waals surface area contributed by atoms with Gasteiger partial charge in [-0.15, -0.1) is 11.3 Å². The molecule has 21 heavy (non-hydrogen) atoms. The Bertz CT molecular complexity index is 660. The largest absolute Gasteiger partial charge is 0.422 e. The second-order valence-corrected chi connectivity index (χ2v) is 5.31. The predicted octanol–water partition coefficient (Wildman–Crippen LogP) is 1.92. The maximum atomic E-state index is 13.4. The Kier molecular flexibility index (Phi) is 3.59. The smallest absolute Gasteiger partial charge is 0.328 e. The number of hydrogen-bond donors (Lipinski definition) is 1. The lowest BCUT2D eigenvalue weighted by molar-refractivity contribution is -0.197. The lowest BCUT2D eigenvalue weighted by Gasteiger charge is -2.32. The summed E-state index contributed by atoms with van der Waals surface area (Å²) in [6.07, 6.45) is -5.14. The molecule has 2 atom stereocenters. The summed E-state index contributed by atoms with van der Waals surface area (Å²) in [4.78, 5) is 26.9. The average Bonchev–Trinajstić information content (AvgIpc) is 2.96. The Balaban J connectivity index is 2.48. The van der Waals surface area contributed by atoms with Crippen LogP contribution in [-0.4, -0.2) is 29.2 Å². The van der Waals surface area contributed by atoms with Gasteiger partial charge in [0, 0.05) is 5.71 Å². The zero-order valence-corrected chi connectivity index (χ0v) is 11.4. The number of carbonyl (C=O) groups is 2. The van der Waals surface area contributed by atoms with Crippen LogP contribution in [0.5, 0.6) is 0 Å². The molecule has 110 valence electrons. The molecule has 1 aromatic rings. The van der Waals surface area contributed by atoms with E-state index in [2.05, 4.69) is 4.99 Å². The van der Waals surface area contributed by atoms with Crippen LogP contribution in [0.4, 0.5) is 13.2 Å². The molecule has 2 amide bonds. The Morgan fingerprint density at radius 1 is 1.57 bits per heavy atom. The van der Waals surface area contributed by atoms with Crippen LogP contribution in [0.3, 0.4) is 0 Å². The zero-order chi connectivity index (χ0) is 15.8. The lowest BCUT2D eigenvalue weighted by atomic mass is 9.83. The molecular formula is C12H8F3N3O2S. The molecule has 0 radical (unpaired) electrons. The maximum Gasteiger partial charge on any atom is 0.422 e. The number of carbonyl (C=O) groups excluding carboxylic acids is 2. The van der Waals surface area contributed by atoms with Gasteiger partial charge in [-0.05, 0) is 18.4 Å². The molecule has 9 heteroatoms. The van der Waals surface area contributed by atoms with E-state index in [4.69, 9.17) is 5.26 Å². The summed E-state index contributed by atoms with van der Waals surface area (Å²) in [5, 5.41) is 12.1. The topological polar surface area (TPSA) is 82.3 Å². The van der Waals surface area contributed by atoms with Crippen LogP contribution in [0, 0.1) is 17.2 Å². The van der Waals surface area contributed by atoms with Gasteiger partial charge in [0.2, 0.25) is 5.54 Å². The molecular weight excluding hydrogens is 307 g/mol. The van der Waals surface area contributed by atoms with E-state index >= 15 is 0 Å². The molecule has 0 aliphatic carbocycles. The minimum atomic E-state index is -5.14. The molecule has 0 fully saturated rings. The molecule has 0 aromatic carbocycles. The second kappa shape index (κ2) is 4.96. The fourth-order valence-electron chi connectivity index (χ4n) is 2.07. The normalized spacial score (nSPS) is 25.4. The number of amides is 2. The first-order valence-corrected chi connectivity index (χ1v) is 6.54. The highest BCUT2D eigenvalue weighted by Crippen LogP contribution is 2.41. The standard InChI is InChI=1S/C12H8F3N3O2S/c1-6-7(5-16)11(10(20)17-6,12(13,14)15)18-9(19)8-3-2-4-21-8/h2-4,7H,1H3,(H,18,19). The summed E-state index contributed by atoms with van der Waals surface area (Å²) >= 11 is 0.924. The molecule has 2 heterocycles. The third-order valence-corrected chi connectivity index (χ3v) is 3.97. The number of nitrogens with zero attached hydrogens (tertiary/aromatic N) is 2. The predicted molar refractivity (Wildman–Crippen MR) is 67.8 cm³/mol. The molecule has 1 aromatic heterocycles. The molecule has 0 saturated carbocycles. The highest BCUT2D eigenvalue weighted by molar-refractivity contribution is 7.12. The molecule has 0 spiro atoms. The second-order valence-electron chi connectivity index (χ2n) is 4.36. The summed E-state index contributed by atoms with van der Waals surface area (Å²) < 4.78 is 40.3. The van der Waals surface area contributed by atoms with Crippen LogP contribution >= 0.6 is 11.3 Å². The fourth-order valence-corrected chi connectivity index (χ4v) is 2.69. The van der Waals surface area contributed by atoms with Crippen LogP contribution in [0.2, 0.25) is 0 Å². The number of thiophene rings is 1. The van der Waals surface area contributed by atoms with E-state index in [-0.39, 0.29) is 10.6 Å². The zero-order valence-electron chi connectivity index (χ0n) is 10.6. The number of alkyl halides is 3. The van der Waals surface area contributed by atoms with Crippen LogP contribution in [0.15, 0.2) is 22.5 Å². The first-order chi connectivity index (χ1) is 9.74. The molecule has 5 nitrogen and oxygen atoms in total. The number of hydrogen-bond acceptors (Lipinski definition) is 4. The third-order valence-electron chi connectivity index (χ3n) is 3.10. The molecule has 0 bridgehead atoms. The van der Waals surface area contributed by atoms with E-state index < -0.39 is 29.4 Å². The van der Waals surface area contributed by atoms with Crippen LogP contribution < -0.4 is 5.32 Å². The summed E-state index contributed by atoms with van der Waals surface area (Å²) in [6.45, 7) is 1.15. The van der Waals surface area contributed by atoms with E-state index in [1.165, 1.54) is 23.6 Å². The minimum Gasteiger partial charge on any atom is -0.328 e. The van der Waals surface area contributed by atoms with Gasteiger partial charge in [0.05, 0.1) is 10.9 Å². The lowest BCUT2D eigenvalue weighted by Crippen LogP contribution is -2.66. The fraction of sp³-hybridized carbons (Fsp3) is 0.333. The van der Waals surface area contributed by atoms with Crippen molar-refractivity contribution in [2.24, 2.45) is 10.9 Å². The highest BCUT2D eigenvalue weighted by Gasteiger charge is 2.69. The van der Waals surface area contributed by atoms with Gasteiger partial charge in [-0.3, -0.25) is 9.59 Å². The van der Waals surface area contributed by atoms with Crippen molar-refractivity contribution < 1.29 is 22.8 Å². The van der Waals surface area contributed by atoms with E-state index in [9.17, 15) is 22.8 Å². The molecule has 1 aliphatic heterocycles. The number of rotatable bonds is 2. The van der Waals surface area contributed by atoms with E-state index in [0.29, 0.717) is 0 Å². The van der Waals surface area contributed by atoms with E-state index in [1.807, 2.05) is 0 Å². The number of nitriles is 1. The van der Waals surface area contributed by atoms with Crippen LogP contribution in [-0.2, 0) is 4.79 Å². The van der Waals surface area contributed by atoms with Gasteiger partial charge < -0.3 is 5.32 Å². The van der Waals surface area contributed by atoms with Crippen molar-refractivity contribution in [3.8, 4) is 6.07 Å². The number of nitrogens with one attached hydrogen (secondary N) is 1. The van der Waals surface area contributed by atoms with Crippen molar-refractivity contribution in [2.75, 3.05) is 0 Å². The van der Waals surface area contributed by atoms with Gasteiger partial charge in [-0.2, -0.15) is 18.4 Å². The van der Waals surface area contributed by atoms with Crippen LogP contribution in [0.25, 0.3) is 0 Å². The molecule has 0 saturated heterocycles. The van der Waals surface area contributed by atoms with Gasteiger partial charge in [-0.1, -0.05) is 6.07 Å². The first-order valence-electron chi connectivity index (χ1n) is 5.66. The van der Waals surface area contributed by atoms with Gasteiger partial charge in [0.1, 0.15) is 5.92 Å². The van der Waals surface area contributed by atoms with Crippen molar-refractivity contribution in [1.29, 1.82) is 5.26 Å². The SMILES string of the molecule is CC1=NC(=O)C(NC(=O)c2cccs2)(C(F)(F)F)C1C#N. The Hall–Kier alpha value is -2.21. The van der Waals surface area contributed by atoms with Crippen molar-refractivity contribution in [3.63, 3.8) is 0 Å². The Morgan fingerprint density at radius 2 is 2.24 bits per heavy atom. The summed E-state index contributed by atoms with van der Waals surface area (Å²) in [5.41, 5.74) is -3.60. The summed E-state index contributed by atoms with van der Waals surface area (Å²) in [5.74, 6) is -4.53. The first kappa shape index (κ1) is 15.2. The highest BCUT2D eigenvalue weighted by atomic mass is 32.1. The van der Waals surface area contributed by atoms with Crippen LogP contribution in [0.1, 0.15) is 16.6 Å². The summed E-state index contributed by atoms with van der Waals surface area (Å²) in [7, 11) is 0. The van der Waals surface area contributed by atoms with Gasteiger partial charge in [-0.25, -0.2) is 4.99 Å².